The first-order valence-electron chi connectivity index (χ1n) is 7.87. The van der Waals surface area contributed by atoms with E-state index in [-0.39, 0.29) is 11.4 Å². The second-order valence-electron chi connectivity index (χ2n) is 5.79. The topological polar surface area (TPSA) is 54.9 Å². The Hall–Kier alpha value is -2.85. The van der Waals surface area contributed by atoms with Gasteiger partial charge in [0.05, 0.1) is 24.0 Å². The summed E-state index contributed by atoms with van der Waals surface area (Å²) in [6, 6.07) is 10.8. The zero-order valence-corrected chi connectivity index (χ0v) is 13.4. The highest BCUT2D eigenvalue weighted by molar-refractivity contribution is 6.05. The summed E-state index contributed by atoms with van der Waals surface area (Å²) in [7, 11) is 0. The molecule has 4 nitrogen and oxygen atoms in total. The molecule has 24 heavy (non-hydrogen) atoms. The molecule has 4 heteroatoms. The summed E-state index contributed by atoms with van der Waals surface area (Å²) in [5, 5.41) is 12.5. The molecule has 3 rings (SSSR count). The third kappa shape index (κ3) is 2.84. The Labute approximate surface area is 139 Å². The van der Waals surface area contributed by atoms with Gasteiger partial charge in [-0.1, -0.05) is 31.4 Å². The van der Waals surface area contributed by atoms with Crippen molar-refractivity contribution in [3.05, 3.63) is 77.7 Å². The van der Waals surface area contributed by atoms with E-state index in [9.17, 15) is 9.90 Å². The number of rotatable bonds is 6. The van der Waals surface area contributed by atoms with Gasteiger partial charge in [0.1, 0.15) is 12.3 Å². The first-order chi connectivity index (χ1) is 11.7. The van der Waals surface area contributed by atoms with E-state index in [0.29, 0.717) is 23.1 Å². The summed E-state index contributed by atoms with van der Waals surface area (Å²) in [4.78, 5) is 13.5. The van der Waals surface area contributed by atoms with Gasteiger partial charge in [0.25, 0.3) is 0 Å². The molecule has 122 valence electrons. The van der Waals surface area contributed by atoms with Crippen LogP contribution in [0.3, 0.4) is 0 Å². The van der Waals surface area contributed by atoms with Crippen LogP contribution in [0.4, 0.5) is 0 Å². The van der Waals surface area contributed by atoms with Crippen molar-refractivity contribution in [2.75, 3.05) is 13.1 Å². The van der Waals surface area contributed by atoms with E-state index >= 15 is 0 Å². The van der Waals surface area contributed by atoms with Gasteiger partial charge >= 0.3 is 5.63 Å². The first kappa shape index (κ1) is 16.0. The molecule has 2 aromatic carbocycles. The highest BCUT2D eigenvalue weighted by atomic mass is 16.4. The SMILES string of the molecule is C=CC[NH+](CC=C)Cc1c(O)ccc2c1oc(=O)c1ccccc12. The molecule has 0 unspecified atom stereocenters. The van der Waals surface area contributed by atoms with Crippen molar-refractivity contribution < 1.29 is 14.4 Å². The second-order valence-corrected chi connectivity index (χ2v) is 5.79. The van der Waals surface area contributed by atoms with E-state index in [4.69, 9.17) is 4.42 Å². The van der Waals surface area contributed by atoms with Crippen LogP contribution in [0.1, 0.15) is 5.56 Å². The molecule has 0 aliphatic rings. The predicted molar refractivity (Wildman–Crippen MR) is 96.4 cm³/mol. The van der Waals surface area contributed by atoms with Gasteiger partial charge in [0.2, 0.25) is 0 Å². The van der Waals surface area contributed by atoms with Crippen molar-refractivity contribution in [2.24, 2.45) is 0 Å². The minimum atomic E-state index is -0.390. The highest BCUT2D eigenvalue weighted by Gasteiger charge is 2.18. The van der Waals surface area contributed by atoms with Crippen molar-refractivity contribution >= 4 is 21.7 Å². The molecule has 0 aliphatic carbocycles. The minimum absolute atomic E-state index is 0.131. The van der Waals surface area contributed by atoms with Gasteiger partial charge in [-0.2, -0.15) is 0 Å². The van der Waals surface area contributed by atoms with Gasteiger partial charge in [-0.05, 0) is 35.7 Å². The van der Waals surface area contributed by atoms with Crippen molar-refractivity contribution in [3.8, 4) is 5.75 Å². The zero-order chi connectivity index (χ0) is 17.1. The fourth-order valence-electron chi connectivity index (χ4n) is 3.05. The number of nitrogens with one attached hydrogen (secondary N) is 1. The second kappa shape index (κ2) is 6.72. The Morgan fingerprint density at radius 2 is 1.67 bits per heavy atom. The van der Waals surface area contributed by atoms with Crippen LogP contribution in [-0.2, 0) is 6.54 Å². The maximum absolute atomic E-state index is 12.3. The third-order valence-electron chi connectivity index (χ3n) is 4.16. The molecule has 0 saturated carbocycles. The van der Waals surface area contributed by atoms with E-state index < -0.39 is 0 Å². The van der Waals surface area contributed by atoms with Gasteiger partial charge in [0, 0.05) is 5.39 Å². The van der Waals surface area contributed by atoms with Gasteiger partial charge in [0.15, 0.2) is 5.58 Å². The van der Waals surface area contributed by atoms with Crippen LogP contribution in [0, 0.1) is 0 Å². The van der Waals surface area contributed by atoms with Gasteiger partial charge in [-0.25, -0.2) is 4.79 Å². The minimum Gasteiger partial charge on any atom is -0.507 e. The smallest absolute Gasteiger partial charge is 0.344 e. The zero-order valence-electron chi connectivity index (χ0n) is 13.4. The van der Waals surface area contributed by atoms with Crippen LogP contribution in [0.5, 0.6) is 5.75 Å². The van der Waals surface area contributed by atoms with Crippen molar-refractivity contribution in [1.29, 1.82) is 0 Å². The normalized spacial score (nSPS) is 11.2. The Balaban J connectivity index is 2.23. The molecule has 3 aromatic rings. The molecule has 0 amide bonds. The fraction of sp³-hybridized carbons (Fsp3) is 0.150. The predicted octanol–water partition coefficient (Wildman–Crippen LogP) is 2.41. The average Bonchev–Trinajstić information content (AvgIpc) is 2.58. The first-order valence-corrected chi connectivity index (χ1v) is 7.87. The Morgan fingerprint density at radius 3 is 2.33 bits per heavy atom. The van der Waals surface area contributed by atoms with Crippen LogP contribution in [0.25, 0.3) is 21.7 Å². The number of aromatic hydroxyl groups is 1. The van der Waals surface area contributed by atoms with E-state index in [2.05, 4.69) is 13.2 Å². The number of phenols is 1. The lowest BCUT2D eigenvalue weighted by Gasteiger charge is -2.17. The molecule has 0 fully saturated rings. The maximum Gasteiger partial charge on any atom is 0.344 e. The molecule has 2 N–H and O–H groups in total. The number of hydrogen-bond acceptors (Lipinski definition) is 3. The van der Waals surface area contributed by atoms with Crippen molar-refractivity contribution in [2.45, 2.75) is 6.54 Å². The molecule has 0 spiro atoms. The van der Waals surface area contributed by atoms with E-state index in [0.717, 1.165) is 28.8 Å². The molecule has 0 atom stereocenters. The van der Waals surface area contributed by atoms with Crippen LogP contribution in [0.2, 0.25) is 0 Å². The molecule has 0 radical (unpaired) electrons. The van der Waals surface area contributed by atoms with Gasteiger partial charge < -0.3 is 14.4 Å². The van der Waals surface area contributed by atoms with E-state index in [1.165, 1.54) is 0 Å². The summed E-state index contributed by atoms with van der Waals surface area (Å²) >= 11 is 0. The summed E-state index contributed by atoms with van der Waals surface area (Å²) in [6.45, 7) is 9.51. The van der Waals surface area contributed by atoms with Crippen molar-refractivity contribution in [3.63, 3.8) is 0 Å². The van der Waals surface area contributed by atoms with Gasteiger partial charge in [-0.3, -0.25) is 0 Å². The van der Waals surface area contributed by atoms with Crippen molar-refractivity contribution in [1.82, 2.24) is 0 Å². The molecule has 0 saturated heterocycles. The average molecular weight is 322 g/mol. The summed E-state index contributed by atoms with van der Waals surface area (Å²) in [6.07, 6.45) is 3.65. The molecular formula is C20H20NO3+. The molecular weight excluding hydrogens is 302 g/mol. The summed E-state index contributed by atoms with van der Waals surface area (Å²) in [5.74, 6) is 0.131. The number of fused-ring (bicyclic) bond motifs is 3. The number of quaternary nitrogens is 1. The molecule has 0 bridgehead atoms. The Kier molecular flexibility index (Phi) is 4.49. The lowest BCUT2D eigenvalue weighted by molar-refractivity contribution is -0.902. The molecule has 1 heterocycles. The molecule has 0 aliphatic heterocycles. The number of phenolic OH excluding ortho intramolecular Hbond substituents is 1. The summed E-state index contributed by atoms with van der Waals surface area (Å²) in [5.41, 5.74) is 0.692. The largest absolute Gasteiger partial charge is 0.507 e. The monoisotopic (exact) mass is 322 g/mol. The number of hydrogen-bond donors (Lipinski definition) is 2. The lowest BCUT2D eigenvalue weighted by atomic mass is 10.0. The third-order valence-corrected chi connectivity index (χ3v) is 4.16. The number of benzene rings is 2. The van der Waals surface area contributed by atoms with Crippen LogP contribution < -0.4 is 10.5 Å². The van der Waals surface area contributed by atoms with E-state index in [1.807, 2.05) is 30.4 Å². The molecule has 1 aromatic heterocycles. The maximum atomic E-state index is 12.3. The van der Waals surface area contributed by atoms with Crippen LogP contribution >= 0.6 is 0 Å². The highest BCUT2D eigenvalue weighted by Crippen LogP contribution is 2.30. The van der Waals surface area contributed by atoms with Gasteiger partial charge in [-0.15, -0.1) is 0 Å². The van der Waals surface area contributed by atoms with Crippen LogP contribution in [0.15, 0.2) is 70.9 Å². The lowest BCUT2D eigenvalue weighted by Crippen LogP contribution is -3.10. The Bertz CT molecular complexity index is 962. The standard InChI is InChI=1S/C20H19NO3/c1-3-11-21(12-4-2)13-17-18(22)10-9-15-14-7-5-6-8-16(14)20(23)24-19(15)17/h3-10,22H,1-2,11-13H2/p+1. The fourth-order valence-corrected chi connectivity index (χ4v) is 3.05. The van der Waals surface area contributed by atoms with E-state index in [1.54, 1.807) is 18.2 Å². The Morgan fingerprint density at radius 1 is 1.00 bits per heavy atom. The summed E-state index contributed by atoms with van der Waals surface area (Å²) < 4.78 is 5.56. The van der Waals surface area contributed by atoms with Crippen LogP contribution in [-0.4, -0.2) is 18.2 Å². The quantitative estimate of drug-likeness (QED) is 0.416.